The minimum absolute atomic E-state index is 0.0369. The number of amides is 2. The standard InChI is InChI=1S/C27H44N2O10/c1-7-8-9-14-38-23(34)39-17-10-11-18(20(31)28-15-17)29-21(32)19(37-6)27(36)22(33)26(35,25(27,4)5)13-12-24(2,3)16-30/h12-13,16-19,22,33,35-36H,7-11,14-15H2,1-6H3,(H,28,31)(H,29,32)/b13-12+/t17-,18+,19+,22+,26+,27+/m1/s1. The van der Waals surface area contributed by atoms with Crippen LogP contribution in [0.3, 0.4) is 0 Å². The first-order valence-electron chi connectivity index (χ1n) is 13.3. The molecule has 39 heavy (non-hydrogen) atoms. The summed E-state index contributed by atoms with van der Waals surface area (Å²) in [5.74, 6) is -1.39. The molecule has 2 rings (SSSR count). The fourth-order valence-corrected chi connectivity index (χ4v) is 4.99. The number of hydrogen-bond donors (Lipinski definition) is 5. The lowest BCUT2D eigenvalue weighted by molar-refractivity contribution is -0.359. The smallest absolute Gasteiger partial charge is 0.434 e. The first kappa shape index (κ1) is 32.7. The Balaban J connectivity index is 2.07. The summed E-state index contributed by atoms with van der Waals surface area (Å²) in [6.45, 7) is 8.45. The molecular weight excluding hydrogens is 512 g/mol. The van der Waals surface area contributed by atoms with Crippen LogP contribution in [-0.2, 0) is 28.6 Å². The number of ether oxygens (including phenoxy) is 3. The molecule has 0 aromatic carbocycles. The third-order valence-corrected chi connectivity index (χ3v) is 7.93. The third-order valence-electron chi connectivity index (χ3n) is 7.93. The molecule has 2 fully saturated rings. The van der Waals surface area contributed by atoms with E-state index < -0.39 is 64.4 Å². The van der Waals surface area contributed by atoms with Gasteiger partial charge in [-0.15, -0.1) is 0 Å². The van der Waals surface area contributed by atoms with Gasteiger partial charge in [0, 0.05) is 17.9 Å². The van der Waals surface area contributed by atoms with Crippen LogP contribution in [0.1, 0.15) is 66.7 Å². The lowest BCUT2D eigenvalue weighted by Gasteiger charge is -2.67. The number of aliphatic hydroxyl groups is 3. The zero-order valence-electron chi connectivity index (χ0n) is 23.7. The predicted molar refractivity (Wildman–Crippen MR) is 139 cm³/mol. The molecule has 1 aliphatic carbocycles. The highest BCUT2D eigenvalue weighted by Crippen LogP contribution is 2.60. The van der Waals surface area contributed by atoms with Gasteiger partial charge in [0.25, 0.3) is 5.91 Å². The van der Waals surface area contributed by atoms with Crippen LogP contribution < -0.4 is 10.6 Å². The van der Waals surface area contributed by atoms with E-state index in [-0.39, 0.29) is 26.0 Å². The summed E-state index contributed by atoms with van der Waals surface area (Å²) in [4.78, 5) is 49.1. The van der Waals surface area contributed by atoms with Gasteiger partial charge in [0.15, 0.2) is 6.10 Å². The molecule has 0 bridgehead atoms. The van der Waals surface area contributed by atoms with Gasteiger partial charge >= 0.3 is 6.16 Å². The lowest BCUT2D eigenvalue weighted by atomic mass is 9.44. The number of methoxy groups -OCH3 is 1. The summed E-state index contributed by atoms with van der Waals surface area (Å²) >= 11 is 0. The average Bonchev–Trinajstić information content (AvgIpc) is 3.05. The largest absolute Gasteiger partial charge is 0.508 e. The van der Waals surface area contributed by atoms with E-state index in [9.17, 15) is 34.5 Å². The van der Waals surface area contributed by atoms with Crippen LogP contribution in [0.5, 0.6) is 0 Å². The quantitative estimate of drug-likeness (QED) is 0.0996. The first-order valence-corrected chi connectivity index (χ1v) is 13.3. The average molecular weight is 557 g/mol. The van der Waals surface area contributed by atoms with Gasteiger partial charge in [0.05, 0.1) is 13.2 Å². The summed E-state index contributed by atoms with van der Waals surface area (Å²) in [5, 5.41) is 38.7. The van der Waals surface area contributed by atoms with E-state index in [0.717, 1.165) is 26.4 Å². The number of unbranched alkanes of at least 4 members (excludes halogenated alkanes) is 2. The molecule has 1 saturated heterocycles. The SMILES string of the molecule is CCCCCOC(=O)O[C@@H]1CC[C@H](NC(=O)[C@H](OC)[C@]2(O)[C@@H](O)[C@@](O)(/C=C/C(C)(C)C=O)C2(C)C)C(=O)NC1. The predicted octanol–water partition coefficient (Wildman–Crippen LogP) is 0.752. The number of carbonyl (C=O) groups excluding carboxylic acids is 4. The number of nitrogens with one attached hydrogen (secondary N) is 2. The summed E-state index contributed by atoms with van der Waals surface area (Å²) in [6.07, 6.45) is 1.37. The topological polar surface area (TPSA) is 181 Å². The number of carbonyl (C=O) groups is 4. The molecule has 1 saturated carbocycles. The first-order chi connectivity index (χ1) is 18.1. The maximum atomic E-state index is 13.2. The summed E-state index contributed by atoms with van der Waals surface area (Å²) in [6, 6.07) is -1.03. The van der Waals surface area contributed by atoms with Crippen molar-refractivity contribution in [2.24, 2.45) is 10.8 Å². The van der Waals surface area contributed by atoms with Crippen LogP contribution in [0.2, 0.25) is 0 Å². The monoisotopic (exact) mass is 556 g/mol. The van der Waals surface area contributed by atoms with Crippen molar-refractivity contribution < 1.29 is 48.7 Å². The Morgan fingerprint density at radius 3 is 2.46 bits per heavy atom. The molecule has 1 heterocycles. The molecule has 0 aromatic rings. The molecule has 0 unspecified atom stereocenters. The number of aliphatic hydroxyl groups excluding tert-OH is 1. The molecule has 222 valence electrons. The van der Waals surface area contributed by atoms with Gasteiger partial charge in [-0.2, -0.15) is 0 Å². The van der Waals surface area contributed by atoms with Gasteiger partial charge in [-0.1, -0.05) is 45.8 Å². The minimum Gasteiger partial charge on any atom is -0.434 e. The van der Waals surface area contributed by atoms with Crippen LogP contribution in [0.15, 0.2) is 12.2 Å². The zero-order chi connectivity index (χ0) is 29.6. The van der Waals surface area contributed by atoms with Crippen LogP contribution in [-0.4, -0.2) is 95.4 Å². The van der Waals surface area contributed by atoms with Crippen LogP contribution in [0, 0.1) is 10.8 Å². The lowest BCUT2D eigenvalue weighted by Crippen LogP contribution is -2.86. The van der Waals surface area contributed by atoms with E-state index in [2.05, 4.69) is 10.6 Å². The van der Waals surface area contributed by atoms with E-state index in [4.69, 9.17) is 14.2 Å². The Morgan fingerprint density at radius 2 is 1.90 bits per heavy atom. The fraction of sp³-hybridized carbons (Fsp3) is 0.778. The van der Waals surface area contributed by atoms with Crippen LogP contribution in [0.4, 0.5) is 4.79 Å². The number of hydrogen-bond acceptors (Lipinski definition) is 10. The van der Waals surface area contributed by atoms with Gasteiger partial charge in [-0.3, -0.25) is 9.59 Å². The summed E-state index contributed by atoms with van der Waals surface area (Å²) in [7, 11) is 1.16. The van der Waals surface area contributed by atoms with E-state index in [1.807, 2.05) is 6.92 Å². The van der Waals surface area contributed by atoms with Crippen molar-refractivity contribution in [2.75, 3.05) is 20.3 Å². The summed E-state index contributed by atoms with van der Waals surface area (Å²) in [5.41, 5.74) is -6.66. The van der Waals surface area contributed by atoms with E-state index in [1.165, 1.54) is 26.0 Å². The Kier molecular flexibility index (Phi) is 10.7. The highest BCUT2D eigenvalue weighted by Gasteiger charge is 2.78. The van der Waals surface area contributed by atoms with Crippen molar-refractivity contribution in [3.8, 4) is 0 Å². The van der Waals surface area contributed by atoms with E-state index in [1.54, 1.807) is 13.8 Å². The number of aldehydes is 1. The van der Waals surface area contributed by atoms with Crippen LogP contribution >= 0.6 is 0 Å². The van der Waals surface area contributed by atoms with Gasteiger partial charge in [0.1, 0.15) is 35.7 Å². The maximum Gasteiger partial charge on any atom is 0.508 e. The second-order valence-corrected chi connectivity index (χ2v) is 11.5. The molecule has 0 radical (unpaired) electrons. The molecule has 2 aliphatic rings. The van der Waals surface area contributed by atoms with E-state index in [0.29, 0.717) is 6.29 Å². The van der Waals surface area contributed by atoms with Crippen molar-refractivity contribution in [2.45, 2.75) is 102 Å². The number of rotatable bonds is 12. The van der Waals surface area contributed by atoms with Crippen molar-refractivity contribution in [1.29, 1.82) is 0 Å². The summed E-state index contributed by atoms with van der Waals surface area (Å²) < 4.78 is 15.6. The Labute approximate surface area is 229 Å². The fourth-order valence-electron chi connectivity index (χ4n) is 4.99. The molecule has 12 heteroatoms. The second kappa shape index (κ2) is 12.8. The number of allylic oxidation sites excluding steroid dienone is 1. The van der Waals surface area contributed by atoms with Crippen LogP contribution in [0.25, 0.3) is 0 Å². The second-order valence-electron chi connectivity index (χ2n) is 11.5. The molecular formula is C27H44N2O10. The molecule has 12 nitrogen and oxygen atoms in total. The maximum absolute atomic E-state index is 13.2. The van der Waals surface area contributed by atoms with Crippen molar-refractivity contribution in [3.63, 3.8) is 0 Å². The van der Waals surface area contributed by atoms with Gasteiger partial charge in [-0.25, -0.2) is 4.79 Å². The Hall–Kier alpha value is -2.54. The molecule has 0 spiro atoms. The molecule has 5 N–H and O–H groups in total. The molecule has 0 aromatic heterocycles. The highest BCUT2D eigenvalue weighted by atomic mass is 16.7. The Morgan fingerprint density at radius 1 is 1.23 bits per heavy atom. The van der Waals surface area contributed by atoms with E-state index >= 15 is 0 Å². The molecule has 1 aliphatic heterocycles. The van der Waals surface area contributed by atoms with Gasteiger partial charge in [-0.05, 0) is 33.1 Å². The minimum atomic E-state index is -2.25. The van der Waals surface area contributed by atoms with Gasteiger partial charge in [0.2, 0.25) is 5.91 Å². The van der Waals surface area contributed by atoms with Crippen molar-refractivity contribution in [1.82, 2.24) is 10.6 Å². The van der Waals surface area contributed by atoms with Gasteiger partial charge < -0.3 is 45.0 Å². The van der Waals surface area contributed by atoms with Crippen molar-refractivity contribution >= 4 is 24.3 Å². The molecule has 6 atom stereocenters. The third kappa shape index (κ3) is 6.62. The zero-order valence-corrected chi connectivity index (χ0v) is 23.7. The normalized spacial score (nSPS) is 31.4. The highest BCUT2D eigenvalue weighted by molar-refractivity contribution is 5.90. The Bertz CT molecular complexity index is 936. The van der Waals surface area contributed by atoms with Crippen molar-refractivity contribution in [3.05, 3.63) is 12.2 Å². The molecule has 2 amide bonds.